The highest BCUT2D eigenvalue weighted by atomic mass is 32.2. The molecule has 3 rings (SSSR count). The summed E-state index contributed by atoms with van der Waals surface area (Å²) < 4.78 is 50.9. The normalized spacial score (nSPS) is 16.1. The molecule has 0 unspecified atom stereocenters. The molecule has 3 N–H and O–H groups in total. The van der Waals surface area contributed by atoms with Crippen LogP contribution in [0.1, 0.15) is 6.92 Å². The van der Waals surface area contributed by atoms with E-state index in [1.807, 2.05) is 12.1 Å². The molecule has 0 aromatic heterocycles. The molecule has 1 aliphatic heterocycles. The van der Waals surface area contributed by atoms with Gasteiger partial charge in [0.1, 0.15) is 0 Å². The molecule has 2 aromatic rings. The molecular formula is C18H24N4O4S2. The summed E-state index contributed by atoms with van der Waals surface area (Å²) in [6.45, 7) is 6.60. The van der Waals surface area contributed by atoms with Gasteiger partial charge in [0.05, 0.1) is 21.2 Å². The predicted octanol–water partition coefficient (Wildman–Crippen LogP) is 1.28. The third-order valence-electron chi connectivity index (χ3n) is 4.77. The zero-order chi connectivity index (χ0) is 20.4. The van der Waals surface area contributed by atoms with Crippen LogP contribution in [0.15, 0.2) is 58.3 Å². The predicted molar refractivity (Wildman–Crippen MR) is 109 cm³/mol. The molecule has 0 saturated carbocycles. The lowest BCUT2D eigenvalue weighted by molar-refractivity contribution is 0.271. The van der Waals surface area contributed by atoms with E-state index in [2.05, 4.69) is 21.4 Å². The Labute approximate surface area is 166 Å². The lowest BCUT2D eigenvalue weighted by Crippen LogP contribution is -2.46. The van der Waals surface area contributed by atoms with Crippen LogP contribution in [0.4, 0.5) is 11.4 Å². The largest absolute Gasteiger partial charge is 0.367 e. The number of piperazine rings is 1. The molecular weight excluding hydrogens is 400 g/mol. The molecule has 1 saturated heterocycles. The van der Waals surface area contributed by atoms with Gasteiger partial charge in [-0.2, -0.15) is 0 Å². The Morgan fingerprint density at radius 2 is 1.46 bits per heavy atom. The second kappa shape index (κ2) is 8.08. The average Bonchev–Trinajstić information content (AvgIpc) is 2.68. The smallest absolute Gasteiger partial charge is 0.261 e. The number of likely N-dealkylation sites (N-methyl/N-ethyl adjacent to an activating group) is 1. The Kier molecular flexibility index (Phi) is 5.94. The van der Waals surface area contributed by atoms with Crippen molar-refractivity contribution in [3.63, 3.8) is 0 Å². The first kappa shape index (κ1) is 20.6. The zero-order valence-corrected chi connectivity index (χ0v) is 17.2. The second-order valence-electron chi connectivity index (χ2n) is 6.56. The van der Waals surface area contributed by atoms with Crippen molar-refractivity contribution in [2.45, 2.75) is 16.7 Å². The molecule has 0 amide bonds. The van der Waals surface area contributed by atoms with E-state index in [4.69, 9.17) is 5.14 Å². The third kappa shape index (κ3) is 4.64. The maximum absolute atomic E-state index is 12.8. The topological polar surface area (TPSA) is 113 Å². The van der Waals surface area contributed by atoms with Crippen LogP contribution in [0.2, 0.25) is 0 Å². The number of para-hydroxylation sites is 2. The summed E-state index contributed by atoms with van der Waals surface area (Å²) in [6.07, 6.45) is 0. The number of nitrogens with two attached hydrogens (primary N) is 1. The highest BCUT2D eigenvalue weighted by Gasteiger charge is 2.21. The van der Waals surface area contributed by atoms with Gasteiger partial charge in [-0.05, 0) is 42.9 Å². The van der Waals surface area contributed by atoms with Crippen molar-refractivity contribution in [3.05, 3.63) is 48.5 Å². The first-order valence-corrected chi connectivity index (χ1v) is 12.0. The minimum atomic E-state index is -3.88. The Morgan fingerprint density at radius 1 is 0.893 bits per heavy atom. The Bertz CT molecular complexity index is 1030. The molecule has 0 spiro atoms. The van der Waals surface area contributed by atoms with Gasteiger partial charge in [0.2, 0.25) is 10.0 Å². The molecule has 0 atom stereocenters. The number of benzene rings is 2. The third-order valence-corrected chi connectivity index (χ3v) is 7.08. The molecule has 1 fully saturated rings. The molecule has 0 aliphatic carbocycles. The summed E-state index contributed by atoms with van der Waals surface area (Å²) in [5.74, 6) is 0. The number of anilines is 2. The molecule has 0 radical (unpaired) electrons. The molecule has 0 bridgehead atoms. The highest BCUT2D eigenvalue weighted by Crippen LogP contribution is 2.29. The first-order chi connectivity index (χ1) is 13.2. The quantitative estimate of drug-likeness (QED) is 0.722. The fraction of sp³-hybridized carbons (Fsp3) is 0.333. The van der Waals surface area contributed by atoms with E-state index in [-0.39, 0.29) is 9.79 Å². The van der Waals surface area contributed by atoms with Gasteiger partial charge in [-0.25, -0.2) is 22.0 Å². The van der Waals surface area contributed by atoms with E-state index in [9.17, 15) is 16.8 Å². The molecule has 1 heterocycles. The van der Waals surface area contributed by atoms with Crippen molar-refractivity contribution >= 4 is 31.4 Å². The Hall–Kier alpha value is -2.14. The number of hydrogen-bond donors (Lipinski definition) is 2. The summed E-state index contributed by atoms with van der Waals surface area (Å²) in [7, 11) is -7.75. The van der Waals surface area contributed by atoms with Gasteiger partial charge in [0.25, 0.3) is 10.0 Å². The van der Waals surface area contributed by atoms with Crippen LogP contribution >= 0.6 is 0 Å². The van der Waals surface area contributed by atoms with E-state index >= 15 is 0 Å². The number of nitrogens with zero attached hydrogens (tertiary/aromatic N) is 2. The van der Waals surface area contributed by atoms with Gasteiger partial charge in [0.15, 0.2) is 0 Å². The maximum atomic E-state index is 12.8. The minimum Gasteiger partial charge on any atom is -0.367 e. The van der Waals surface area contributed by atoms with Crippen molar-refractivity contribution in [1.82, 2.24) is 4.90 Å². The van der Waals surface area contributed by atoms with Crippen molar-refractivity contribution in [3.8, 4) is 0 Å². The van der Waals surface area contributed by atoms with Crippen molar-refractivity contribution in [2.75, 3.05) is 42.3 Å². The van der Waals surface area contributed by atoms with E-state index in [1.165, 1.54) is 24.3 Å². The molecule has 8 nitrogen and oxygen atoms in total. The van der Waals surface area contributed by atoms with Gasteiger partial charge in [0, 0.05) is 26.2 Å². The minimum absolute atomic E-state index is 0.0366. The van der Waals surface area contributed by atoms with Gasteiger partial charge in [-0.1, -0.05) is 19.1 Å². The van der Waals surface area contributed by atoms with Crippen LogP contribution < -0.4 is 14.8 Å². The van der Waals surface area contributed by atoms with E-state index in [1.54, 1.807) is 12.1 Å². The molecule has 28 heavy (non-hydrogen) atoms. The first-order valence-electron chi connectivity index (χ1n) is 8.93. The van der Waals surface area contributed by atoms with Gasteiger partial charge < -0.3 is 9.80 Å². The number of primary sulfonamides is 1. The van der Waals surface area contributed by atoms with Crippen molar-refractivity contribution < 1.29 is 16.8 Å². The van der Waals surface area contributed by atoms with Crippen LogP contribution in [-0.2, 0) is 20.0 Å². The number of hydrogen-bond acceptors (Lipinski definition) is 6. The summed E-state index contributed by atoms with van der Waals surface area (Å²) in [6, 6.07) is 12.1. The number of nitrogens with one attached hydrogen (secondary N) is 1. The second-order valence-corrected chi connectivity index (χ2v) is 9.80. The molecule has 1 aliphatic rings. The van der Waals surface area contributed by atoms with Crippen LogP contribution in [0.3, 0.4) is 0 Å². The molecule has 10 heteroatoms. The van der Waals surface area contributed by atoms with Crippen LogP contribution in [0.5, 0.6) is 0 Å². The Morgan fingerprint density at radius 3 is 2.04 bits per heavy atom. The SMILES string of the molecule is CCN1CCN(c2ccccc2NS(=O)(=O)c2ccc(S(N)(=O)=O)cc2)CC1. The lowest BCUT2D eigenvalue weighted by Gasteiger charge is -2.36. The van der Waals surface area contributed by atoms with Crippen molar-refractivity contribution in [1.29, 1.82) is 0 Å². The lowest BCUT2D eigenvalue weighted by atomic mass is 10.2. The van der Waals surface area contributed by atoms with E-state index in [0.717, 1.165) is 38.4 Å². The van der Waals surface area contributed by atoms with Crippen LogP contribution in [0.25, 0.3) is 0 Å². The molecule has 2 aromatic carbocycles. The molecule has 152 valence electrons. The van der Waals surface area contributed by atoms with Gasteiger partial charge in [-0.15, -0.1) is 0 Å². The van der Waals surface area contributed by atoms with E-state index < -0.39 is 20.0 Å². The monoisotopic (exact) mass is 424 g/mol. The highest BCUT2D eigenvalue weighted by molar-refractivity contribution is 7.92. The summed E-state index contributed by atoms with van der Waals surface area (Å²) in [5, 5.41) is 5.06. The van der Waals surface area contributed by atoms with Crippen LogP contribution in [0, 0.1) is 0 Å². The standard InChI is InChI=1S/C18H24N4O4S2/c1-2-21-11-13-22(14-12-21)18-6-4-3-5-17(18)20-28(25,26)16-9-7-15(8-10-16)27(19,23)24/h3-10,20H,2,11-14H2,1H3,(H2,19,23,24). The number of sulfonamides is 2. The number of rotatable bonds is 6. The fourth-order valence-corrected chi connectivity index (χ4v) is 4.74. The maximum Gasteiger partial charge on any atom is 0.261 e. The zero-order valence-electron chi connectivity index (χ0n) is 15.6. The van der Waals surface area contributed by atoms with Gasteiger partial charge >= 0.3 is 0 Å². The Balaban J connectivity index is 1.83. The van der Waals surface area contributed by atoms with Crippen LogP contribution in [-0.4, -0.2) is 54.5 Å². The summed E-state index contributed by atoms with van der Waals surface area (Å²) in [4.78, 5) is 4.33. The summed E-state index contributed by atoms with van der Waals surface area (Å²) >= 11 is 0. The summed E-state index contributed by atoms with van der Waals surface area (Å²) in [5.41, 5.74) is 1.31. The van der Waals surface area contributed by atoms with E-state index in [0.29, 0.717) is 5.69 Å². The average molecular weight is 425 g/mol. The fourth-order valence-electron chi connectivity index (χ4n) is 3.15. The van der Waals surface area contributed by atoms with Gasteiger partial charge in [-0.3, -0.25) is 4.72 Å². The van der Waals surface area contributed by atoms with Crippen molar-refractivity contribution in [2.24, 2.45) is 5.14 Å².